The predicted octanol–water partition coefficient (Wildman–Crippen LogP) is -0.331. The van der Waals surface area contributed by atoms with E-state index in [4.69, 9.17) is 5.73 Å². The first-order valence-corrected chi connectivity index (χ1v) is 6.18. The fraction of sp³-hybridized carbons (Fsp3) is 0.214. The van der Waals surface area contributed by atoms with Crippen LogP contribution < -0.4 is 11.1 Å². The monoisotopic (exact) mass is 273 g/mol. The zero-order valence-corrected chi connectivity index (χ0v) is 10.8. The van der Waals surface area contributed by atoms with Crippen molar-refractivity contribution in [2.75, 3.05) is 13.1 Å². The summed E-state index contributed by atoms with van der Waals surface area (Å²) in [5.41, 5.74) is 5.49. The SMILES string of the molecule is NC(=O)CNC(=O)C1C=CCN1C(=O)c1ccccc1. The molecule has 1 aromatic rings. The van der Waals surface area contributed by atoms with Gasteiger partial charge in [0.15, 0.2) is 0 Å². The van der Waals surface area contributed by atoms with Crippen molar-refractivity contribution in [3.63, 3.8) is 0 Å². The van der Waals surface area contributed by atoms with E-state index in [9.17, 15) is 14.4 Å². The summed E-state index contributed by atoms with van der Waals surface area (Å²) >= 11 is 0. The number of nitrogens with two attached hydrogens (primary N) is 1. The standard InChI is InChI=1S/C14H15N3O3/c15-12(18)9-16-13(19)11-7-4-8-17(11)14(20)10-5-2-1-3-6-10/h1-7,11H,8-9H2,(H2,15,18)(H,16,19). The summed E-state index contributed by atoms with van der Waals surface area (Å²) in [6.07, 6.45) is 3.38. The molecular weight excluding hydrogens is 258 g/mol. The largest absolute Gasteiger partial charge is 0.368 e. The Hall–Kier alpha value is -2.63. The van der Waals surface area contributed by atoms with Gasteiger partial charge in [0, 0.05) is 12.1 Å². The molecule has 3 amide bonds. The van der Waals surface area contributed by atoms with Crippen LogP contribution in [0.4, 0.5) is 0 Å². The number of hydrogen-bond donors (Lipinski definition) is 2. The third kappa shape index (κ3) is 3.03. The molecule has 0 radical (unpaired) electrons. The highest BCUT2D eigenvalue weighted by molar-refractivity contribution is 5.99. The average Bonchev–Trinajstić information content (AvgIpc) is 2.94. The van der Waals surface area contributed by atoms with Gasteiger partial charge in [-0.1, -0.05) is 30.4 Å². The van der Waals surface area contributed by atoms with Crippen LogP contribution >= 0.6 is 0 Å². The average molecular weight is 273 g/mol. The predicted molar refractivity (Wildman–Crippen MR) is 72.6 cm³/mol. The van der Waals surface area contributed by atoms with Crippen LogP contribution in [0.15, 0.2) is 42.5 Å². The lowest BCUT2D eigenvalue weighted by molar-refractivity contribution is -0.126. The maximum absolute atomic E-state index is 12.3. The minimum atomic E-state index is -0.706. The minimum absolute atomic E-state index is 0.227. The van der Waals surface area contributed by atoms with Crippen LogP contribution in [-0.2, 0) is 9.59 Å². The Morgan fingerprint density at radius 2 is 1.95 bits per heavy atom. The molecule has 0 fully saturated rings. The summed E-state index contributed by atoms with van der Waals surface area (Å²) in [5, 5.41) is 2.40. The van der Waals surface area contributed by atoms with Crippen LogP contribution in [0.1, 0.15) is 10.4 Å². The topological polar surface area (TPSA) is 92.5 Å². The first kappa shape index (κ1) is 13.8. The van der Waals surface area contributed by atoms with Crippen LogP contribution in [0.5, 0.6) is 0 Å². The van der Waals surface area contributed by atoms with Crippen LogP contribution in [0.2, 0.25) is 0 Å². The Labute approximate surface area is 116 Å². The molecule has 0 aromatic heterocycles. The molecule has 1 aliphatic heterocycles. The van der Waals surface area contributed by atoms with E-state index in [-0.39, 0.29) is 12.5 Å². The number of hydrogen-bond acceptors (Lipinski definition) is 3. The molecule has 2 rings (SSSR count). The van der Waals surface area contributed by atoms with Crippen molar-refractivity contribution in [3.05, 3.63) is 48.0 Å². The molecular formula is C14H15N3O3. The van der Waals surface area contributed by atoms with Gasteiger partial charge in [0.2, 0.25) is 11.8 Å². The number of benzene rings is 1. The second-order valence-electron chi connectivity index (χ2n) is 4.38. The van der Waals surface area contributed by atoms with E-state index in [2.05, 4.69) is 5.32 Å². The van der Waals surface area contributed by atoms with E-state index in [0.717, 1.165) is 0 Å². The number of rotatable bonds is 4. The van der Waals surface area contributed by atoms with Crippen LogP contribution in [0.3, 0.4) is 0 Å². The summed E-state index contributed by atoms with van der Waals surface area (Å²) in [5.74, 6) is -1.27. The first-order valence-electron chi connectivity index (χ1n) is 6.18. The molecule has 20 heavy (non-hydrogen) atoms. The highest BCUT2D eigenvalue weighted by Gasteiger charge is 2.30. The van der Waals surface area contributed by atoms with Crippen LogP contribution in [-0.4, -0.2) is 41.8 Å². The number of carbonyl (C=O) groups excluding carboxylic acids is 3. The number of carbonyl (C=O) groups is 3. The lowest BCUT2D eigenvalue weighted by Crippen LogP contribution is -2.47. The maximum Gasteiger partial charge on any atom is 0.255 e. The Bertz CT molecular complexity index is 554. The molecule has 0 aliphatic carbocycles. The molecule has 0 saturated heterocycles. The maximum atomic E-state index is 12.3. The van der Waals surface area contributed by atoms with Crippen molar-refractivity contribution >= 4 is 17.7 Å². The summed E-state index contributed by atoms with van der Waals surface area (Å²) in [6.45, 7) is 0.124. The summed E-state index contributed by atoms with van der Waals surface area (Å²) in [7, 11) is 0. The molecule has 6 nitrogen and oxygen atoms in total. The lowest BCUT2D eigenvalue weighted by atomic mass is 10.1. The molecule has 1 aliphatic rings. The highest BCUT2D eigenvalue weighted by Crippen LogP contribution is 2.14. The van der Waals surface area contributed by atoms with Crippen LogP contribution in [0.25, 0.3) is 0 Å². The zero-order valence-electron chi connectivity index (χ0n) is 10.8. The van der Waals surface area contributed by atoms with E-state index in [0.29, 0.717) is 12.1 Å². The molecule has 0 bridgehead atoms. The van der Waals surface area contributed by atoms with Gasteiger partial charge >= 0.3 is 0 Å². The van der Waals surface area contributed by atoms with Gasteiger partial charge in [-0.3, -0.25) is 14.4 Å². The van der Waals surface area contributed by atoms with Crippen molar-refractivity contribution in [2.45, 2.75) is 6.04 Å². The van der Waals surface area contributed by atoms with Gasteiger partial charge < -0.3 is 16.0 Å². The number of amides is 3. The van der Waals surface area contributed by atoms with Gasteiger partial charge in [-0.2, -0.15) is 0 Å². The lowest BCUT2D eigenvalue weighted by Gasteiger charge is -2.23. The molecule has 3 N–H and O–H groups in total. The molecule has 104 valence electrons. The van der Waals surface area contributed by atoms with Crippen molar-refractivity contribution in [2.24, 2.45) is 5.73 Å². The Balaban J connectivity index is 2.07. The minimum Gasteiger partial charge on any atom is -0.368 e. The number of nitrogens with one attached hydrogen (secondary N) is 1. The summed E-state index contributed by atoms with van der Waals surface area (Å²) in [4.78, 5) is 36.3. The quantitative estimate of drug-likeness (QED) is 0.736. The van der Waals surface area contributed by atoms with E-state index in [1.165, 1.54) is 4.90 Å². The Morgan fingerprint density at radius 3 is 2.60 bits per heavy atom. The molecule has 0 saturated carbocycles. The van der Waals surface area contributed by atoms with Gasteiger partial charge in [-0.15, -0.1) is 0 Å². The molecule has 1 heterocycles. The van der Waals surface area contributed by atoms with Crippen molar-refractivity contribution in [1.82, 2.24) is 10.2 Å². The molecule has 1 atom stereocenters. The Morgan fingerprint density at radius 1 is 1.25 bits per heavy atom. The fourth-order valence-corrected chi connectivity index (χ4v) is 1.98. The number of nitrogens with zero attached hydrogens (tertiary/aromatic N) is 1. The second kappa shape index (κ2) is 6.01. The van der Waals surface area contributed by atoms with Gasteiger partial charge in [0.1, 0.15) is 6.04 Å². The molecule has 1 aromatic carbocycles. The molecule has 1 unspecified atom stereocenters. The van der Waals surface area contributed by atoms with Crippen molar-refractivity contribution in [3.8, 4) is 0 Å². The van der Waals surface area contributed by atoms with Gasteiger partial charge in [-0.25, -0.2) is 0 Å². The first-order chi connectivity index (χ1) is 9.59. The summed E-state index contributed by atoms with van der Waals surface area (Å²) < 4.78 is 0. The molecule has 6 heteroatoms. The third-order valence-corrected chi connectivity index (χ3v) is 2.94. The Kier molecular flexibility index (Phi) is 4.14. The normalized spacial score (nSPS) is 17.0. The van der Waals surface area contributed by atoms with Gasteiger partial charge in [0.25, 0.3) is 5.91 Å². The highest BCUT2D eigenvalue weighted by atomic mass is 16.2. The molecule has 0 spiro atoms. The van der Waals surface area contributed by atoms with Crippen molar-refractivity contribution in [1.29, 1.82) is 0 Å². The van der Waals surface area contributed by atoms with Crippen LogP contribution in [0, 0.1) is 0 Å². The van der Waals surface area contributed by atoms with E-state index < -0.39 is 17.9 Å². The number of primary amides is 1. The van der Waals surface area contributed by atoms with E-state index >= 15 is 0 Å². The van der Waals surface area contributed by atoms with Gasteiger partial charge in [0.05, 0.1) is 6.54 Å². The zero-order chi connectivity index (χ0) is 14.5. The summed E-state index contributed by atoms with van der Waals surface area (Å²) in [6, 6.07) is 8.02. The van der Waals surface area contributed by atoms with Gasteiger partial charge in [-0.05, 0) is 12.1 Å². The van der Waals surface area contributed by atoms with Crippen molar-refractivity contribution < 1.29 is 14.4 Å². The smallest absolute Gasteiger partial charge is 0.255 e. The van der Waals surface area contributed by atoms with E-state index in [1.54, 1.807) is 36.4 Å². The second-order valence-corrected chi connectivity index (χ2v) is 4.38. The van der Waals surface area contributed by atoms with E-state index in [1.807, 2.05) is 6.07 Å². The fourth-order valence-electron chi connectivity index (χ4n) is 1.98. The third-order valence-electron chi connectivity index (χ3n) is 2.94.